The van der Waals surface area contributed by atoms with Crippen LogP contribution in [0.3, 0.4) is 0 Å². The van der Waals surface area contributed by atoms with Gasteiger partial charge in [-0.15, -0.1) is 0 Å². The number of carbonyl (C=O) groups is 3. The third-order valence-corrected chi connectivity index (χ3v) is 6.11. The van der Waals surface area contributed by atoms with Gasteiger partial charge in [0.1, 0.15) is 0 Å². The molecule has 0 aliphatic heterocycles. The van der Waals surface area contributed by atoms with Crippen LogP contribution in [-0.4, -0.2) is 34.7 Å². The predicted octanol–water partition coefficient (Wildman–Crippen LogP) is 8.86. The van der Waals surface area contributed by atoms with Crippen LogP contribution in [0.2, 0.25) is 0 Å². The second-order valence-electron chi connectivity index (χ2n) is 9.70. The van der Waals surface area contributed by atoms with Gasteiger partial charge in [-0.3, -0.25) is 4.79 Å². The molecule has 0 radical (unpaired) electrons. The maximum Gasteiger partial charge on any atom is 0.328 e. The first-order chi connectivity index (χ1) is 17.4. The molecule has 0 aromatic rings. The SMILES string of the molecule is CCCCCCCCCCCCCCCCCC(=O)OCCCCCCCC.O=C(O)/C=C/C(=O)O. The Morgan fingerprint density at radius 3 is 1.14 bits per heavy atom. The van der Waals surface area contributed by atoms with Crippen molar-refractivity contribution in [2.75, 3.05) is 6.61 Å². The van der Waals surface area contributed by atoms with Crippen molar-refractivity contribution in [2.24, 2.45) is 0 Å². The van der Waals surface area contributed by atoms with Crippen LogP contribution in [0.1, 0.15) is 155 Å². The molecule has 0 saturated carbocycles. The van der Waals surface area contributed by atoms with Gasteiger partial charge in [-0.1, -0.05) is 136 Å². The highest BCUT2D eigenvalue weighted by atomic mass is 16.5. The maximum atomic E-state index is 11.7. The lowest BCUT2D eigenvalue weighted by Crippen LogP contribution is -2.05. The zero-order valence-electron chi connectivity index (χ0n) is 23.4. The average Bonchev–Trinajstić information content (AvgIpc) is 2.85. The number of esters is 1. The van der Waals surface area contributed by atoms with Gasteiger partial charge in [0.15, 0.2) is 0 Å². The molecule has 0 aromatic carbocycles. The Kier molecular flexibility index (Phi) is 31.4. The van der Waals surface area contributed by atoms with Gasteiger partial charge in [-0.2, -0.15) is 0 Å². The minimum atomic E-state index is -1.26. The van der Waals surface area contributed by atoms with E-state index in [1.807, 2.05) is 0 Å². The van der Waals surface area contributed by atoms with E-state index < -0.39 is 11.9 Å². The second-order valence-corrected chi connectivity index (χ2v) is 9.70. The summed E-state index contributed by atoms with van der Waals surface area (Å²) < 4.78 is 5.33. The fourth-order valence-electron chi connectivity index (χ4n) is 3.92. The van der Waals surface area contributed by atoms with Crippen LogP contribution in [0.25, 0.3) is 0 Å². The highest BCUT2D eigenvalue weighted by Crippen LogP contribution is 2.14. The van der Waals surface area contributed by atoms with Crippen LogP contribution in [-0.2, 0) is 19.1 Å². The second kappa shape index (κ2) is 31.2. The standard InChI is InChI=1S/C26H52O2.C4H4O4/c1-3-5-7-9-11-12-13-14-15-16-17-18-19-20-22-24-26(27)28-25-23-21-10-8-6-4-2;5-3(6)1-2-4(7)8/h3-25H2,1-2H3;1-2H,(H,5,6)(H,7,8)/b;2-1+. The Bertz CT molecular complexity index is 514. The average molecular weight is 513 g/mol. The molecule has 0 aliphatic carbocycles. The molecule has 6 heteroatoms. The van der Waals surface area contributed by atoms with Crippen molar-refractivity contribution in [3.63, 3.8) is 0 Å². The first-order valence-corrected chi connectivity index (χ1v) is 14.7. The van der Waals surface area contributed by atoms with Crippen molar-refractivity contribution in [3.8, 4) is 0 Å². The number of ether oxygens (including phenoxy) is 1. The Labute approximate surface area is 221 Å². The van der Waals surface area contributed by atoms with Gasteiger partial charge >= 0.3 is 17.9 Å². The first kappa shape index (κ1) is 36.3. The van der Waals surface area contributed by atoms with Crippen LogP contribution < -0.4 is 0 Å². The van der Waals surface area contributed by atoms with Crippen molar-refractivity contribution < 1.29 is 29.3 Å². The van der Waals surface area contributed by atoms with Crippen molar-refractivity contribution in [1.29, 1.82) is 0 Å². The molecule has 0 saturated heterocycles. The lowest BCUT2D eigenvalue weighted by Gasteiger charge is -2.05. The normalized spacial score (nSPS) is 10.7. The first-order valence-electron chi connectivity index (χ1n) is 14.7. The van der Waals surface area contributed by atoms with E-state index in [0.717, 1.165) is 12.8 Å². The highest BCUT2D eigenvalue weighted by Gasteiger charge is 2.02. The number of carboxylic acids is 2. The molecule has 0 fully saturated rings. The fraction of sp³-hybridized carbons (Fsp3) is 0.833. The molecule has 0 heterocycles. The Morgan fingerprint density at radius 2 is 0.806 bits per heavy atom. The van der Waals surface area contributed by atoms with E-state index in [0.29, 0.717) is 25.2 Å². The number of aliphatic carboxylic acids is 2. The molecule has 0 amide bonds. The van der Waals surface area contributed by atoms with E-state index in [1.165, 1.54) is 122 Å². The summed E-state index contributed by atoms with van der Waals surface area (Å²) in [6, 6.07) is 0. The lowest BCUT2D eigenvalue weighted by atomic mass is 10.0. The third-order valence-electron chi connectivity index (χ3n) is 6.11. The summed E-state index contributed by atoms with van der Waals surface area (Å²) >= 11 is 0. The van der Waals surface area contributed by atoms with Gasteiger partial charge in [0.25, 0.3) is 0 Å². The summed E-state index contributed by atoms with van der Waals surface area (Å²) in [4.78, 5) is 30.8. The summed E-state index contributed by atoms with van der Waals surface area (Å²) in [5, 5.41) is 15.6. The zero-order valence-corrected chi connectivity index (χ0v) is 23.4. The molecule has 0 aromatic heterocycles. The number of rotatable bonds is 25. The third kappa shape index (κ3) is 36.7. The van der Waals surface area contributed by atoms with E-state index in [9.17, 15) is 14.4 Å². The smallest absolute Gasteiger partial charge is 0.328 e. The Morgan fingerprint density at radius 1 is 0.500 bits per heavy atom. The maximum absolute atomic E-state index is 11.7. The van der Waals surface area contributed by atoms with Crippen LogP contribution in [0.15, 0.2) is 12.2 Å². The monoisotopic (exact) mass is 512 g/mol. The van der Waals surface area contributed by atoms with Crippen molar-refractivity contribution >= 4 is 17.9 Å². The molecule has 36 heavy (non-hydrogen) atoms. The molecule has 2 N–H and O–H groups in total. The van der Waals surface area contributed by atoms with Crippen molar-refractivity contribution in [1.82, 2.24) is 0 Å². The summed E-state index contributed by atoms with van der Waals surface area (Å²) in [7, 11) is 0. The summed E-state index contributed by atoms with van der Waals surface area (Å²) in [6.07, 6.45) is 29.6. The summed E-state index contributed by atoms with van der Waals surface area (Å²) in [6.45, 7) is 5.15. The van der Waals surface area contributed by atoms with Crippen LogP contribution in [0.5, 0.6) is 0 Å². The van der Waals surface area contributed by atoms with Crippen molar-refractivity contribution in [2.45, 2.75) is 155 Å². The molecular formula is C30H56O6. The van der Waals surface area contributed by atoms with E-state index in [2.05, 4.69) is 13.8 Å². The quantitative estimate of drug-likeness (QED) is 0.0719. The number of hydrogen-bond donors (Lipinski definition) is 2. The van der Waals surface area contributed by atoms with Gasteiger partial charge in [0, 0.05) is 18.6 Å². The van der Waals surface area contributed by atoms with Gasteiger partial charge in [0.05, 0.1) is 6.61 Å². The summed E-state index contributed by atoms with van der Waals surface area (Å²) in [5.41, 5.74) is 0. The number of unbranched alkanes of at least 4 members (excludes halogenated alkanes) is 19. The van der Waals surface area contributed by atoms with Crippen LogP contribution in [0, 0.1) is 0 Å². The predicted molar refractivity (Wildman–Crippen MR) is 148 cm³/mol. The van der Waals surface area contributed by atoms with Crippen LogP contribution in [0.4, 0.5) is 0 Å². The van der Waals surface area contributed by atoms with E-state index in [1.54, 1.807) is 0 Å². The Hall–Kier alpha value is -1.85. The molecular weight excluding hydrogens is 456 g/mol. The molecule has 0 atom stereocenters. The zero-order chi connectivity index (χ0) is 27.1. The molecule has 0 aliphatic rings. The van der Waals surface area contributed by atoms with Gasteiger partial charge < -0.3 is 14.9 Å². The molecule has 0 unspecified atom stereocenters. The largest absolute Gasteiger partial charge is 0.478 e. The molecule has 6 nitrogen and oxygen atoms in total. The topological polar surface area (TPSA) is 101 Å². The minimum Gasteiger partial charge on any atom is -0.478 e. The highest BCUT2D eigenvalue weighted by molar-refractivity contribution is 5.89. The van der Waals surface area contributed by atoms with Gasteiger partial charge in [-0.05, 0) is 12.8 Å². The molecule has 212 valence electrons. The van der Waals surface area contributed by atoms with E-state index in [-0.39, 0.29) is 5.97 Å². The van der Waals surface area contributed by atoms with Gasteiger partial charge in [0.2, 0.25) is 0 Å². The molecule has 0 spiro atoms. The Balaban J connectivity index is 0. The minimum absolute atomic E-state index is 0.0169. The number of hydrogen-bond acceptors (Lipinski definition) is 4. The fourth-order valence-corrected chi connectivity index (χ4v) is 3.92. The molecule has 0 rings (SSSR count). The van der Waals surface area contributed by atoms with Gasteiger partial charge in [-0.25, -0.2) is 9.59 Å². The molecule has 0 bridgehead atoms. The number of carboxylic acid groups (broad SMARTS) is 2. The van der Waals surface area contributed by atoms with Crippen molar-refractivity contribution in [3.05, 3.63) is 12.2 Å². The summed E-state index contributed by atoms with van der Waals surface area (Å²) in [5.74, 6) is -2.50. The lowest BCUT2D eigenvalue weighted by molar-refractivity contribution is -0.144. The van der Waals surface area contributed by atoms with Crippen LogP contribution >= 0.6 is 0 Å². The van der Waals surface area contributed by atoms with E-state index in [4.69, 9.17) is 14.9 Å². The van der Waals surface area contributed by atoms with E-state index >= 15 is 0 Å². The number of carbonyl (C=O) groups excluding carboxylic acids is 1.